The van der Waals surface area contributed by atoms with Crippen molar-refractivity contribution in [2.45, 2.75) is 19.3 Å². The molecule has 0 amide bonds. The molecule has 0 fully saturated rings. The first-order chi connectivity index (χ1) is 12.4. The van der Waals surface area contributed by atoms with Gasteiger partial charge in [0.25, 0.3) is 0 Å². The van der Waals surface area contributed by atoms with Crippen molar-refractivity contribution in [1.82, 2.24) is 14.1 Å². The van der Waals surface area contributed by atoms with Crippen molar-refractivity contribution >= 4 is 11.2 Å². The Labute approximate surface area is 146 Å². The molecule has 0 saturated carbocycles. The number of aromatic nitrogens is 3. The summed E-state index contributed by atoms with van der Waals surface area (Å²) in [4.78, 5) is 16.8. The standard InChI is InChI=1S/C19H12F3N3O/c1-3-10-24-16-14(19(20,21)22)12-15(13-8-6-5-7-9-13)23-17(16)25(11-4-2)18(24)26/h1-2,5-9,12H,10-11H2. The lowest BCUT2D eigenvalue weighted by Gasteiger charge is -2.12. The molecule has 1 aromatic carbocycles. The molecule has 3 rings (SSSR count). The average molecular weight is 355 g/mol. The molecule has 0 bridgehead atoms. The maximum Gasteiger partial charge on any atom is 0.418 e. The van der Waals surface area contributed by atoms with Crippen molar-refractivity contribution in [3.05, 3.63) is 52.4 Å². The van der Waals surface area contributed by atoms with Crippen molar-refractivity contribution in [1.29, 1.82) is 0 Å². The van der Waals surface area contributed by atoms with E-state index in [1.807, 2.05) is 0 Å². The number of nitrogens with zero attached hydrogens (tertiary/aromatic N) is 3. The van der Waals surface area contributed by atoms with Gasteiger partial charge in [0.05, 0.1) is 24.3 Å². The summed E-state index contributed by atoms with van der Waals surface area (Å²) in [6.45, 7) is -0.530. The summed E-state index contributed by atoms with van der Waals surface area (Å²) >= 11 is 0. The molecule has 0 aliphatic carbocycles. The van der Waals surface area contributed by atoms with Crippen molar-refractivity contribution in [2.75, 3.05) is 0 Å². The van der Waals surface area contributed by atoms with Gasteiger partial charge in [-0.1, -0.05) is 42.2 Å². The topological polar surface area (TPSA) is 39.8 Å². The van der Waals surface area contributed by atoms with Gasteiger partial charge in [0, 0.05) is 5.56 Å². The Morgan fingerprint density at radius 3 is 2.23 bits per heavy atom. The highest BCUT2D eigenvalue weighted by Crippen LogP contribution is 2.36. The van der Waals surface area contributed by atoms with E-state index in [4.69, 9.17) is 12.8 Å². The zero-order valence-electron chi connectivity index (χ0n) is 13.4. The normalized spacial score (nSPS) is 11.3. The first kappa shape index (κ1) is 17.4. The fraction of sp³-hybridized carbons (Fsp3) is 0.158. The van der Waals surface area contributed by atoms with E-state index in [-0.39, 0.29) is 29.9 Å². The third-order valence-corrected chi connectivity index (χ3v) is 3.84. The Bertz CT molecular complexity index is 1110. The summed E-state index contributed by atoms with van der Waals surface area (Å²) in [5.74, 6) is 4.47. The van der Waals surface area contributed by atoms with Gasteiger partial charge in [0.1, 0.15) is 5.52 Å². The molecule has 0 atom stereocenters. The molecule has 3 aromatic rings. The lowest BCUT2D eigenvalue weighted by Crippen LogP contribution is -2.24. The zero-order valence-corrected chi connectivity index (χ0v) is 13.4. The van der Waals surface area contributed by atoms with E-state index >= 15 is 0 Å². The Hall–Kier alpha value is -3.45. The van der Waals surface area contributed by atoms with Crippen LogP contribution in [-0.2, 0) is 19.3 Å². The Morgan fingerprint density at radius 2 is 1.65 bits per heavy atom. The van der Waals surface area contributed by atoms with Crippen LogP contribution < -0.4 is 5.69 Å². The van der Waals surface area contributed by atoms with Gasteiger partial charge < -0.3 is 0 Å². The highest BCUT2D eigenvalue weighted by atomic mass is 19.4. The molecular formula is C19H12F3N3O. The number of benzene rings is 1. The van der Waals surface area contributed by atoms with Crippen molar-refractivity contribution in [3.63, 3.8) is 0 Å². The summed E-state index contributed by atoms with van der Waals surface area (Å²) in [5.41, 5.74) is -1.63. The molecule has 7 heteroatoms. The molecule has 0 aliphatic heterocycles. The van der Waals surface area contributed by atoms with Gasteiger partial charge in [-0.05, 0) is 6.07 Å². The minimum absolute atomic E-state index is 0.0917. The summed E-state index contributed by atoms with van der Waals surface area (Å²) in [5, 5.41) is 0. The number of terminal acetylenes is 2. The van der Waals surface area contributed by atoms with E-state index in [2.05, 4.69) is 16.8 Å². The lowest BCUT2D eigenvalue weighted by atomic mass is 10.1. The summed E-state index contributed by atoms with van der Waals surface area (Å²) in [6, 6.07) is 9.31. The Morgan fingerprint density at radius 1 is 1.04 bits per heavy atom. The number of rotatable bonds is 3. The summed E-state index contributed by atoms with van der Waals surface area (Å²) in [7, 11) is 0. The van der Waals surface area contributed by atoms with Crippen LogP contribution in [0.2, 0.25) is 0 Å². The molecule has 0 unspecified atom stereocenters. The van der Waals surface area contributed by atoms with Crippen LogP contribution in [0, 0.1) is 24.7 Å². The molecule has 0 radical (unpaired) electrons. The fourth-order valence-electron chi connectivity index (χ4n) is 2.76. The first-order valence-corrected chi connectivity index (χ1v) is 7.52. The quantitative estimate of drug-likeness (QED) is 0.677. The summed E-state index contributed by atoms with van der Waals surface area (Å²) < 4.78 is 43.0. The molecule has 130 valence electrons. The van der Waals surface area contributed by atoms with E-state index in [0.717, 1.165) is 15.2 Å². The van der Waals surface area contributed by atoms with Crippen LogP contribution in [0.3, 0.4) is 0 Å². The summed E-state index contributed by atoms with van der Waals surface area (Å²) in [6.07, 6.45) is 5.79. The Balaban J connectivity index is 2.48. The van der Waals surface area contributed by atoms with Gasteiger partial charge in [-0.15, -0.1) is 12.8 Å². The maximum atomic E-state index is 13.7. The lowest BCUT2D eigenvalue weighted by molar-refractivity contribution is -0.136. The number of halogens is 3. The molecule has 2 heterocycles. The van der Waals surface area contributed by atoms with E-state index in [1.54, 1.807) is 30.3 Å². The predicted molar refractivity (Wildman–Crippen MR) is 92.1 cm³/mol. The van der Waals surface area contributed by atoms with Crippen molar-refractivity contribution in [3.8, 4) is 35.9 Å². The minimum Gasteiger partial charge on any atom is -0.278 e. The molecule has 26 heavy (non-hydrogen) atoms. The predicted octanol–water partition coefficient (Wildman–Crippen LogP) is 3.15. The SMILES string of the molecule is C#CCn1c(=O)n(CC#C)c2c(C(F)(F)F)cc(-c3ccccc3)nc21. The second-order valence-corrected chi connectivity index (χ2v) is 5.45. The number of alkyl halides is 3. The van der Waals surface area contributed by atoms with Crippen LogP contribution in [0.15, 0.2) is 41.2 Å². The van der Waals surface area contributed by atoms with Gasteiger partial charge in [-0.25, -0.2) is 9.78 Å². The first-order valence-electron chi connectivity index (χ1n) is 7.52. The van der Waals surface area contributed by atoms with Gasteiger partial charge in [0.15, 0.2) is 5.65 Å². The van der Waals surface area contributed by atoms with E-state index in [0.29, 0.717) is 5.56 Å². The van der Waals surface area contributed by atoms with Gasteiger partial charge in [-0.3, -0.25) is 9.13 Å². The highest BCUT2D eigenvalue weighted by molar-refractivity contribution is 5.81. The second-order valence-electron chi connectivity index (χ2n) is 5.45. The van der Waals surface area contributed by atoms with Gasteiger partial charge in [-0.2, -0.15) is 13.2 Å². The van der Waals surface area contributed by atoms with E-state index in [9.17, 15) is 18.0 Å². The van der Waals surface area contributed by atoms with Crippen molar-refractivity contribution in [2.24, 2.45) is 0 Å². The van der Waals surface area contributed by atoms with Gasteiger partial charge in [0.2, 0.25) is 0 Å². The highest BCUT2D eigenvalue weighted by Gasteiger charge is 2.36. The Kier molecular flexibility index (Phi) is 4.31. The third-order valence-electron chi connectivity index (χ3n) is 3.84. The molecular weight excluding hydrogens is 343 g/mol. The fourth-order valence-corrected chi connectivity index (χ4v) is 2.76. The average Bonchev–Trinajstić information content (AvgIpc) is 2.87. The molecule has 4 nitrogen and oxygen atoms in total. The maximum absolute atomic E-state index is 13.7. The van der Waals surface area contributed by atoms with E-state index in [1.165, 1.54) is 0 Å². The second kappa shape index (κ2) is 6.45. The number of fused-ring (bicyclic) bond motifs is 1. The van der Waals surface area contributed by atoms with Crippen LogP contribution in [0.25, 0.3) is 22.4 Å². The van der Waals surface area contributed by atoms with Crippen LogP contribution >= 0.6 is 0 Å². The number of pyridine rings is 1. The third kappa shape index (κ3) is 2.84. The monoisotopic (exact) mass is 355 g/mol. The van der Waals surface area contributed by atoms with Crippen LogP contribution in [0.5, 0.6) is 0 Å². The van der Waals surface area contributed by atoms with Gasteiger partial charge >= 0.3 is 11.9 Å². The van der Waals surface area contributed by atoms with E-state index < -0.39 is 17.4 Å². The number of hydrogen-bond acceptors (Lipinski definition) is 2. The van der Waals surface area contributed by atoms with Crippen LogP contribution in [0.4, 0.5) is 13.2 Å². The molecule has 0 N–H and O–H groups in total. The van der Waals surface area contributed by atoms with Crippen LogP contribution in [0.1, 0.15) is 5.56 Å². The molecule has 0 aliphatic rings. The molecule has 0 saturated heterocycles. The van der Waals surface area contributed by atoms with Crippen LogP contribution in [-0.4, -0.2) is 14.1 Å². The zero-order chi connectivity index (χ0) is 18.9. The largest absolute Gasteiger partial charge is 0.418 e. The smallest absolute Gasteiger partial charge is 0.278 e. The minimum atomic E-state index is -4.70. The number of imidazole rings is 1. The molecule has 0 spiro atoms. The molecule has 2 aromatic heterocycles. The van der Waals surface area contributed by atoms with Crippen molar-refractivity contribution < 1.29 is 13.2 Å². The number of hydrogen-bond donors (Lipinski definition) is 0.